The molecule has 0 saturated carbocycles. The first-order valence-corrected chi connectivity index (χ1v) is 6.64. The predicted octanol–water partition coefficient (Wildman–Crippen LogP) is 0.497. The molecule has 0 radical (unpaired) electrons. The molecule has 0 aromatic rings. The van der Waals surface area contributed by atoms with Gasteiger partial charge in [-0.05, 0) is 13.8 Å². The fourth-order valence-electron chi connectivity index (χ4n) is 1.05. The first-order valence-electron chi connectivity index (χ1n) is 5.03. The Hall–Kier alpha value is -1.17. The summed E-state index contributed by atoms with van der Waals surface area (Å²) in [6.07, 6.45) is -0.403. The summed E-state index contributed by atoms with van der Waals surface area (Å²) in [6, 6.07) is 0. The highest BCUT2D eigenvalue weighted by atomic mass is 31.2. The maximum atomic E-state index is 12.0. The molecule has 0 aliphatic heterocycles. The molecule has 4 N–H and O–H groups in total. The summed E-state index contributed by atoms with van der Waals surface area (Å²) in [5.74, 6) is -0.689. The third-order valence-electron chi connectivity index (χ3n) is 1.61. The summed E-state index contributed by atoms with van der Waals surface area (Å²) < 4.78 is 21.9. The van der Waals surface area contributed by atoms with Crippen LogP contribution < -0.4 is 11.5 Å². The maximum absolute atomic E-state index is 12.0. The summed E-state index contributed by atoms with van der Waals surface area (Å²) >= 11 is 0. The average Bonchev–Trinajstić information content (AvgIpc) is 2.16. The molecule has 0 saturated heterocycles. The van der Waals surface area contributed by atoms with Crippen LogP contribution in [0.4, 0.5) is 0 Å². The number of primary amides is 2. The second kappa shape index (κ2) is 7.21. The molecule has 0 rings (SSSR count). The smallest absolute Gasteiger partial charge is 0.354 e. The minimum Gasteiger partial charge on any atom is -0.369 e. The van der Waals surface area contributed by atoms with E-state index >= 15 is 0 Å². The lowest BCUT2D eigenvalue weighted by molar-refractivity contribution is -0.120. The minimum atomic E-state index is -3.56. The Bertz CT molecular complexity index is 356. The largest absolute Gasteiger partial charge is 0.369 e. The fraction of sp³-hybridized carbons (Fsp3) is 0.556. The molecule has 0 fully saturated rings. The van der Waals surface area contributed by atoms with Crippen LogP contribution in [-0.2, 0) is 23.2 Å². The Balaban J connectivity index is 5.14. The number of hydrogen-bond acceptors (Lipinski definition) is 5. The zero-order valence-corrected chi connectivity index (χ0v) is 10.7. The van der Waals surface area contributed by atoms with Gasteiger partial charge >= 0.3 is 7.60 Å². The van der Waals surface area contributed by atoms with Crippen molar-refractivity contribution in [2.24, 2.45) is 11.5 Å². The molecule has 0 unspecified atom stereocenters. The van der Waals surface area contributed by atoms with Crippen molar-refractivity contribution in [1.82, 2.24) is 0 Å². The van der Waals surface area contributed by atoms with Gasteiger partial charge in [0.05, 0.1) is 19.6 Å². The van der Waals surface area contributed by atoms with E-state index in [1.54, 1.807) is 13.8 Å². The SMILES string of the molecule is CCOP(=O)(C=C(CC(N)=O)C(N)=O)OCC. The Morgan fingerprint density at radius 1 is 1.18 bits per heavy atom. The molecule has 17 heavy (non-hydrogen) atoms. The van der Waals surface area contributed by atoms with Crippen LogP contribution in [0.1, 0.15) is 20.3 Å². The van der Waals surface area contributed by atoms with E-state index < -0.39 is 25.8 Å². The van der Waals surface area contributed by atoms with E-state index in [0.717, 1.165) is 5.82 Å². The van der Waals surface area contributed by atoms with E-state index in [1.165, 1.54) is 0 Å². The van der Waals surface area contributed by atoms with E-state index in [0.29, 0.717) is 0 Å². The zero-order valence-electron chi connectivity index (χ0n) is 9.84. The molecule has 2 amide bonds. The van der Waals surface area contributed by atoms with Gasteiger partial charge in [-0.15, -0.1) is 0 Å². The molecule has 0 spiro atoms. The molecule has 0 bridgehead atoms. The number of amides is 2. The highest BCUT2D eigenvalue weighted by Crippen LogP contribution is 2.50. The number of carbonyl (C=O) groups is 2. The van der Waals surface area contributed by atoms with Crippen LogP contribution in [0.3, 0.4) is 0 Å². The minimum absolute atomic E-state index is 0.135. The van der Waals surface area contributed by atoms with E-state index in [4.69, 9.17) is 20.5 Å². The number of nitrogens with two attached hydrogens (primary N) is 2. The quantitative estimate of drug-likeness (QED) is 0.488. The zero-order chi connectivity index (χ0) is 13.5. The van der Waals surface area contributed by atoms with Crippen molar-refractivity contribution < 1.29 is 23.2 Å². The first-order chi connectivity index (χ1) is 7.84. The van der Waals surface area contributed by atoms with Crippen LogP contribution in [0.25, 0.3) is 0 Å². The highest BCUT2D eigenvalue weighted by molar-refractivity contribution is 7.57. The molecule has 7 nitrogen and oxygen atoms in total. The van der Waals surface area contributed by atoms with Gasteiger partial charge in [-0.1, -0.05) is 0 Å². The molecule has 0 aromatic carbocycles. The van der Waals surface area contributed by atoms with Crippen molar-refractivity contribution in [3.63, 3.8) is 0 Å². The van der Waals surface area contributed by atoms with Crippen molar-refractivity contribution in [2.45, 2.75) is 20.3 Å². The van der Waals surface area contributed by atoms with E-state index in [2.05, 4.69) is 0 Å². The van der Waals surface area contributed by atoms with E-state index in [1.807, 2.05) is 0 Å². The van der Waals surface area contributed by atoms with Gasteiger partial charge < -0.3 is 20.5 Å². The molecular formula is C9H17N2O5P. The summed E-state index contributed by atoms with van der Waals surface area (Å²) in [6.45, 7) is 3.52. The van der Waals surface area contributed by atoms with Gasteiger partial charge in [-0.25, -0.2) is 0 Å². The summed E-state index contributed by atoms with van der Waals surface area (Å²) in [4.78, 5) is 21.8. The van der Waals surface area contributed by atoms with E-state index in [-0.39, 0.29) is 18.8 Å². The van der Waals surface area contributed by atoms with Crippen LogP contribution in [0.5, 0.6) is 0 Å². The van der Waals surface area contributed by atoms with Crippen LogP contribution >= 0.6 is 7.60 Å². The number of hydrogen-bond donors (Lipinski definition) is 2. The lowest BCUT2D eigenvalue weighted by atomic mass is 10.2. The molecule has 0 atom stereocenters. The predicted molar refractivity (Wildman–Crippen MR) is 61.9 cm³/mol. The molecule has 0 aliphatic rings. The van der Waals surface area contributed by atoms with Crippen LogP contribution in [0.15, 0.2) is 11.4 Å². The number of carbonyl (C=O) groups excluding carboxylic acids is 2. The first kappa shape index (κ1) is 15.8. The third kappa shape index (κ3) is 6.21. The highest BCUT2D eigenvalue weighted by Gasteiger charge is 2.23. The maximum Gasteiger partial charge on any atom is 0.354 e. The summed E-state index contributed by atoms with van der Waals surface area (Å²) in [7, 11) is -3.56. The topological polar surface area (TPSA) is 122 Å². The molecule has 8 heteroatoms. The average molecular weight is 264 g/mol. The van der Waals surface area contributed by atoms with Crippen molar-refractivity contribution in [2.75, 3.05) is 13.2 Å². The molecular weight excluding hydrogens is 247 g/mol. The Morgan fingerprint density at radius 2 is 1.65 bits per heavy atom. The van der Waals surface area contributed by atoms with Crippen LogP contribution in [0.2, 0.25) is 0 Å². The standard InChI is InChI=1S/C9H17N2O5P/c1-3-15-17(14,16-4-2)6-7(9(11)13)5-8(10)12/h6H,3-5H2,1-2H3,(H2,10,12)(H2,11,13). The summed E-state index contributed by atoms with van der Waals surface area (Å²) in [5.41, 5.74) is 9.80. The lowest BCUT2D eigenvalue weighted by Gasteiger charge is -2.14. The van der Waals surface area contributed by atoms with Gasteiger partial charge in [-0.3, -0.25) is 14.2 Å². The third-order valence-corrected chi connectivity index (χ3v) is 3.48. The summed E-state index contributed by atoms with van der Waals surface area (Å²) in [5, 5.41) is 0. The van der Waals surface area contributed by atoms with Gasteiger partial charge in [0.15, 0.2) is 0 Å². The van der Waals surface area contributed by atoms with Gasteiger partial charge in [-0.2, -0.15) is 0 Å². The Morgan fingerprint density at radius 3 is 1.94 bits per heavy atom. The molecule has 0 heterocycles. The van der Waals surface area contributed by atoms with Crippen molar-refractivity contribution in [3.05, 3.63) is 11.4 Å². The second-order valence-corrected chi connectivity index (χ2v) is 4.89. The van der Waals surface area contributed by atoms with Crippen LogP contribution in [0, 0.1) is 0 Å². The molecule has 0 aliphatic carbocycles. The van der Waals surface area contributed by atoms with Gasteiger partial charge in [0.2, 0.25) is 11.8 Å². The Labute approximate surface area is 99.7 Å². The van der Waals surface area contributed by atoms with Crippen molar-refractivity contribution in [3.8, 4) is 0 Å². The Kier molecular flexibility index (Phi) is 6.72. The number of rotatable bonds is 8. The van der Waals surface area contributed by atoms with Crippen molar-refractivity contribution in [1.29, 1.82) is 0 Å². The van der Waals surface area contributed by atoms with Gasteiger partial charge in [0.1, 0.15) is 0 Å². The van der Waals surface area contributed by atoms with Crippen molar-refractivity contribution >= 4 is 19.4 Å². The van der Waals surface area contributed by atoms with Gasteiger partial charge in [0, 0.05) is 11.4 Å². The monoisotopic (exact) mass is 264 g/mol. The van der Waals surface area contributed by atoms with Gasteiger partial charge in [0.25, 0.3) is 0 Å². The normalized spacial score (nSPS) is 12.5. The van der Waals surface area contributed by atoms with Crippen LogP contribution in [-0.4, -0.2) is 25.0 Å². The molecule has 0 aromatic heterocycles. The second-order valence-electron chi connectivity index (χ2n) is 3.04. The van der Waals surface area contributed by atoms with E-state index in [9.17, 15) is 14.2 Å². The molecule has 98 valence electrons. The fourth-order valence-corrected chi connectivity index (χ4v) is 2.59. The lowest BCUT2D eigenvalue weighted by Crippen LogP contribution is -2.20.